The van der Waals surface area contributed by atoms with Crippen LogP contribution in [-0.4, -0.2) is 27.9 Å². The van der Waals surface area contributed by atoms with Crippen LogP contribution >= 0.6 is 0 Å². The SMILES string of the molecule is CNC(=O)c1cc(Oc2ccc3nc(Nc4ccc(F)c(C)c4)[nH]c3c2)ccn1. The highest BCUT2D eigenvalue weighted by atomic mass is 19.1. The molecule has 0 saturated heterocycles. The highest BCUT2D eigenvalue weighted by Crippen LogP contribution is 2.27. The molecule has 0 aliphatic carbocycles. The molecule has 0 spiro atoms. The van der Waals surface area contributed by atoms with E-state index in [1.165, 1.54) is 12.3 Å². The number of ether oxygens (including phenoxy) is 1. The molecule has 0 bridgehead atoms. The number of anilines is 2. The number of pyridine rings is 1. The molecule has 29 heavy (non-hydrogen) atoms. The molecule has 7 nitrogen and oxygen atoms in total. The fourth-order valence-electron chi connectivity index (χ4n) is 2.83. The Morgan fingerprint density at radius 1 is 1.10 bits per heavy atom. The number of carbonyl (C=O) groups is 1. The van der Waals surface area contributed by atoms with E-state index in [1.807, 2.05) is 12.1 Å². The summed E-state index contributed by atoms with van der Waals surface area (Å²) in [6, 6.07) is 13.4. The highest BCUT2D eigenvalue weighted by molar-refractivity contribution is 5.92. The number of H-pyrrole nitrogens is 1. The summed E-state index contributed by atoms with van der Waals surface area (Å²) in [6.45, 7) is 1.71. The molecule has 0 radical (unpaired) electrons. The highest BCUT2D eigenvalue weighted by Gasteiger charge is 2.09. The molecule has 4 aromatic rings. The first kappa shape index (κ1) is 18.4. The van der Waals surface area contributed by atoms with Crippen molar-refractivity contribution in [1.82, 2.24) is 20.3 Å². The van der Waals surface area contributed by atoms with Gasteiger partial charge in [0.2, 0.25) is 5.95 Å². The normalized spacial score (nSPS) is 10.7. The van der Waals surface area contributed by atoms with Crippen molar-refractivity contribution < 1.29 is 13.9 Å². The molecule has 3 N–H and O–H groups in total. The van der Waals surface area contributed by atoms with Gasteiger partial charge in [-0.05, 0) is 48.9 Å². The second kappa shape index (κ2) is 7.59. The van der Waals surface area contributed by atoms with Gasteiger partial charge in [0.05, 0.1) is 11.0 Å². The quantitative estimate of drug-likeness (QED) is 0.472. The summed E-state index contributed by atoms with van der Waals surface area (Å²) >= 11 is 0. The molecule has 1 amide bonds. The molecule has 0 unspecified atom stereocenters. The van der Waals surface area contributed by atoms with Crippen LogP contribution in [0.5, 0.6) is 11.5 Å². The predicted molar refractivity (Wildman–Crippen MR) is 108 cm³/mol. The second-order valence-electron chi connectivity index (χ2n) is 6.41. The third-order valence-corrected chi connectivity index (χ3v) is 4.30. The molecule has 0 aliphatic rings. The standard InChI is InChI=1S/C21H18FN5O2/c1-12-9-13(3-5-16(12)22)25-21-26-17-6-4-14(10-18(17)27-21)29-15-7-8-24-19(11-15)20(28)23-2/h3-11H,1-2H3,(H,23,28)(H2,25,26,27). The summed E-state index contributed by atoms with van der Waals surface area (Å²) in [6.07, 6.45) is 1.52. The summed E-state index contributed by atoms with van der Waals surface area (Å²) in [7, 11) is 1.54. The monoisotopic (exact) mass is 391 g/mol. The summed E-state index contributed by atoms with van der Waals surface area (Å²) in [4.78, 5) is 23.4. The molecule has 0 atom stereocenters. The summed E-state index contributed by atoms with van der Waals surface area (Å²) in [5.41, 5.74) is 3.07. The molecule has 0 aliphatic heterocycles. The van der Waals surface area contributed by atoms with Gasteiger partial charge < -0.3 is 20.4 Å². The summed E-state index contributed by atoms with van der Waals surface area (Å²) < 4.78 is 19.3. The molecule has 2 aromatic carbocycles. The van der Waals surface area contributed by atoms with E-state index in [1.54, 1.807) is 44.3 Å². The molecule has 0 saturated carbocycles. The number of aromatic nitrogens is 3. The lowest BCUT2D eigenvalue weighted by Gasteiger charge is -2.06. The molecule has 0 fully saturated rings. The Bertz CT molecular complexity index is 1200. The Morgan fingerprint density at radius 3 is 2.72 bits per heavy atom. The largest absolute Gasteiger partial charge is 0.457 e. The summed E-state index contributed by atoms with van der Waals surface area (Å²) in [5, 5.41) is 5.66. The van der Waals surface area contributed by atoms with Gasteiger partial charge in [-0.25, -0.2) is 9.37 Å². The van der Waals surface area contributed by atoms with Gasteiger partial charge in [-0.15, -0.1) is 0 Å². The third-order valence-electron chi connectivity index (χ3n) is 4.30. The maximum atomic E-state index is 13.4. The topological polar surface area (TPSA) is 91.9 Å². The number of aryl methyl sites for hydroxylation is 1. The molecule has 4 rings (SSSR count). The van der Waals surface area contributed by atoms with Gasteiger partial charge in [-0.2, -0.15) is 0 Å². The van der Waals surface area contributed by atoms with Crippen LogP contribution in [0.25, 0.3) is 11.0 Å². The first-order chi connectivity index (χ1) is 14.0. The smallest absolute Gasteiger partial charge is 0.269 e. The second-order valence-corrected chi connectivity index (χ2v) is 6.41. The molecular formula is C21H18FN5O2. The Labute approximate surface area is 166 Å². The van der Waals surface area contributed by atoms with E-state index in [9.17, 15) is 9.18 Å². The van der Waals surface area contributed by atoms with E-state index in [0.29, 0.717) is 23.0 Å². The van der Waals surface area contributed by atoms with Crippen LogP contribution in [0.15, 0.2) is 54.7 Å². The Morgan fingerprint density at radius 2 is 1.93 bits per heavy atom. The maximum Gasteiger partial charge on any atom is 0.269 e. The number of aromatic amines is 1. The fraction of sp³-hybridized carbons (Fsp3) is 0.0952. The van der Waals surface area contributed by atoms with Gasteiger partial charge in [0.15, 0.2) is 0 Å². The molecule has 2 aromatic heterocycles. The number of nitrogens with one attached hydrogen (secondary N) is 3. The van der Waals surface area contributed by atoms with Crippen LogP contribution in [0.3, 0.4) is 0 Å². The fourth-order valence-corrected chi connectivity index (χ4v) is 2.83. The number of imidazole rings is 1. The number of amides is 1. The van der Waals surface area contributed by atoms with Crippen molar-refractivity contribution in [2.45, 2.75) is 6.92 Å². The molecule has 8 heteroatoms. The van der Waals surface area contributed by atoms with E-state index >= 15 is 0 Å². The summed E-state index contributed by atoms with van der Waals surface area (Å²) in [5.74, 6) is 1.08. The maximum absolute atomic E-state index is 13.4. The Kier molecular flexibility index (Phi) is 4.82. The third kappa shape index (κ3) is 4.01. The van der Waals surface area contributed by atoms with E-state index in [-0.39, 0.29) is 17.4 Å². The minimum atomic E-state index is -0.286. The van der Waals surface area contributed by atoms with Crippen molar-refractivity contribution in [3.63, 3.8) is 0 Å². The lowest BCUT2D eigenvalue weighted by atomic mass is 10.2. The van der Waals surface area contributed by atoms with Crippen LogP contribution in [-0.2, 0) is 0 Å². The average Bonchev–Trinajstić information content (AvgIpc) is 3.12. The zero-order chi connectivity index (χ0) is 20.4. The van der Waals surface area contributed by atoms with Crippen molar-refractivity contribution in [3.8, 4) is 11.5 Å². The Balaban J connectivity index is 1.55. The number of carbonyl (C=O) groups excluding carboxylic acids is 1. The molecule has 2 heterocycles. The lowest BCUT2D eigenvalue weighted by Crippen LogP contribution is -2.18. The van der Waals surface area contributed by atoms with E-state index in [0.717, 1.165) is 16.7 Å². The van der Waals surface area contributed by atoms with Gasteiger partial charge in [-0.1, -0.05) is 0 Å². The van der Waals surface area contributed by atoms with Crippen molar-refractivity contribution in [3.05, 3.63) is 71.8 Å². The Hall–Kier alpha value is -3.94. The number of rotatable bonds is 5. The van der Waals surface area contributed by atoms with E-state index in [4.69, 9.17) is 4.74 Å². The van der Waals surface area contributed by atoms with Gasteiger partial charge in [0.25, 0.3) is 5.91 Å². The number of hydrogen-bond acceptors (Lipinski definition) is 5. The van der Waals surface area contributed by atoms with Crippen molar-refractivity contribution in [2.24, 2.45) is 0 Å². The van der Waals surface area contributed by atoms with E-state index in [2.05, 4.69) is 25.6 Å². The van der Waals surface area contributed by atoms with Crippen molar-refractivity contribution in [2.75, 3.05) is 12.4 Å². The van der Waals surface area contributed by atoms with Crippen LogP contribution in [0.1, 0.15) is 16.1 Å². The molecular weight excluding hydrogens is 373 g/mol. The first-order valence-corrected chi connectivity index (χ1v) is 8.91. The van der Waals surface area contributed by atoms with Crippen LogP contribution in [0.2, 0.25) is 0 Å². The van der Waals surface area contributed by atoms with Crippen LogP contribution in [0.4, 0.5) is 16.0 Å². The average molecular weight is 391 g/mol. The predicted octanol–water partition coefficient (Wildman–Crippen LogP) is 4.30. The van der Waals surface area contributed by atoms with Gasteiger partial charge in [-0.3, -0.25) is 9.78 Å². The molecule has 146 valence electrons. The van der Waals surface area contributed by atoms with Gasteiger partial charge >= 0.3 is 0 Å². The van der Waals surface area contributed by atoms with Crippen LogP contribution < -0.4 is 15.4 Å². The lowest BCUT2D eigenvalue weighted by molar-refractivity contribution is 0.0958. The number of nitrogens with zero attached hydrogens (tertiary/aromatic N) is 2. The van der Waals surface area contributed by atoms with Crippen LogP contribution in [0, 0.1) is 12.7 Å². The zero-order valence-corrected chi connectivity index (χ0v) is 15.8. The minimum absolute atomic E-state index is 0.252. The number of hydrogen-bond donors (Lipinski definition) is 3. The number of halogens is 1. The minimum Gasteiger partial charge on any atom is -0.457 e. The van der Waals surface area contributed by atoms with E-state index < -0.39 is 0 Å². The van der Waals surface area contributed by atoms with Crippen molar-refractivity contribution >= 4 is 28.6 Å². The van der Waals surface area contributed by atoms with Crippen molar-refractivity contribution in [1.29, 1.82) is 0 Å². The number of fused-ring (bicyclic) bond motifs is 1. The number of benzene rings is 2. The van der Waals surface area contributed by atoms with Gasteiger partial charge in [0.1, 0.15) is 23.0 Å². The zero-order valence-electron chi connectivity index (χ0n) is 15.8. The van der Waals surface area contributed by atoms with Gasteiger partial charge in [0, 0.05) is 31.1 Å². The first-order valence-electron chi connectivity index (χ1n) is 8.91.